The predicted molar refractivity (Wildman–Crippen MR) is 74.1 cm³/mol. The Bertz CT molecular complexity index is 447. The lowest BCUT2D eigenvalue weighted by atomic mass is 9.82. The molecule has 2 aliphatic carbocycles. The lowest BCUT2D eigenvalue weighted by molar-refractivity contribution is 0.308. The lowest BCUT2D eigenvalue weighted by Gasteiger charge is -2.34. The molecule has 2 aliphatic rings. The number of hydrogen-bond acceptors (Lipinski definition) is 4. The van der Waals surface area contributed by atoms with Gasteiger partial charge in [-0.05, 0) is 38.5 Å². The molecule has 18 heavy (non-hydrogen) atoms. The average Bonchev–Trinajstić information content (AvgIpc) is 3.13. The van der Waals surface area contributed by atoms with Gasteiger partial charge in [-0.3, -0.25) is 0 Å². The molecule has 2 N–H and O–H groups in total. The van der Waals surface area contributed by atoms with Gasteiger partial charge in [0.25, 0.3) is 0 Å². The van der Waals surface area contributed by atoms with Crippen molar-refractivity contribution < 1.29 is 0 Å². The first kappa shape index (κ1) is 11.8. The van der Waals surface area contributed by atoms with E-state index in [0.29, 0.717) is 12.0 Å². The Hall–Kier alpha value is -1.32. The van der Waals surface area contributed by atoms with Gasteiger partial charge < -0.3 is 10.6 Å². The molecular formula is C14H22N4. The highest BCUT2D eigenvalue weighted by molar-refractivity contribution is 5.57. The Morgan fingerprint density at radius 1 is 1.11 bits per heavy atom. The van der Waals surface area contributed by atoms with Crippen LogP contribution in [0, 0.1) is 12.8 Å². The minimum absolute atomic E-state index is 0.596. The van der Waals surface area contributed by atoms with Crippen molar-refractivity contribution in [2.75, 3.05) is 17.7 Å². The molecule has 1 heterocycles. The Kier molecular flexibility index (Phi) is 2.88. The standard InChI is InChI=1S/C14H22N4/c1-8-6-11(7-8)16-13-9(2)12(15-3)17-14(18-13)10-4-5-10/h8,10-11H,4-7H2,1-3H3,(H2,15,16,17,18). The smallest absolute Gasteiger partial charge is 0.136 e. The van der Waals surface area contributed by atoms with E-state index >= 15 is 0 Å². The summed E-state index contributed by atoms with van der Waals surface area (Å²) in [6.45, 7) is 4.40. The predicted octanol–water partition coefficient (Wildman–Crippen LogP) is 2.91. The van der Waals surface area contributed by atoms with Crippen LogP contribution in [0.1, 0.15) is 49.9 Å². The molecule has 1 aromatic rings. The summed E-state index contributed by atoms with van der Waals surface area (Å²) in [6.07, 6.45) is 5.01. The van der Waals surface area contributed by atoms with Gasteiger partial charge in [0.15, 0.2) is 0 Å². The van der Waals surface area contributed by atoms with Crippen LogP contribution < -0.4 is 10.6 Å². The van der Waals surface area contributed by atoms with Crippen molar-refractivity contribution in [3.8, 4) is 0 Å². The zero-order chi connectivity index (χ0) is 12.7. The normalized spacial score (nSPS) is 26.6. The van der Waals surface area contributed by atoms with Crippen molar-refractivity contribution in [2.24, 2.45) is 5.92 Å². The molecule has 3 rings (SSSR count). The van der Waals surface area contributed by atoms with E-state index < -0.39 is 0 Å². The molecule has 0 unspecified atom stereocenters. The molecule has 2 saturated carbocycles. The largest absolute Gasteiger partial charge is 0.373 e. The van der Waals surface area contributed by atoms with Crippen LogP contribution in [0.3, 0.4) is 0 Å². The highest BCUT2D eigenvalue weighted by atomic mass is 15.1. The molecule has 0 bridgehead atoms. The fraction of sp³-hybridized carbons (Fsp3) is 0.714. The second kappa shape index (κ2) is 4.41. The Morgan fingerprint density at radius 3 is 2.33 bits per heavy atom. The van der Waals surface area contributed by atoms with Gasteiger partial charge in [-0.1, -0.05) is 6.92 Å². The molecule has 0 aliphatic heterocycles. The number of rotatable bonds is 4. The van der Waals surface area contributed by atoms with Gasteiger partial charge in [-0.15, -0.1) is 0 Å². The number of nitrogens with one attached hydrogen (secondary N) is 2. The molecule has 4 heteroatoms. The average molecular weight is 246 g/mol. The molecule has 0 aromatic carbocycles. The van der Waals surface area contributed by atoms with E-state index in [1.807, 2.05) is 7.05 Å². The van der Waals surface area contributed by atoms with Crippen LogP contribution in [-0.2, 0) is 0 Å². The molecule has 0 radical (unpaired) electrons. The maximum Gasteiger partial charge on any atom is 0.136 e. The molecule has 1 aromatic heterocycles. The van der Waals surface area contributed by atoms with Crippen LogP contribution in [-0.4, -0.2) is 23.1 Å². The topological polar surface area (TPSA) is 49.8 Å². The molecule has 4 nitrogen and oxygen atoms in total. The Morgan fingerprint density at radius 2 is 1.78 bits per heavy atom. The fourth-order valence-corrected chi connectivity index (χ4v) is 2.66. The van der Waals surface area contributed by atoms with Crippen LogP contribution in [0.5, 0.6) is 0 Å². The first-order valence-electron chi connectivity index (χ1n) is 7.00. The summed E-state index contributed by atoms with van der Waals surface area (Å²) in [5.41, 5.74) is 1.14. The van der Waals surface area contributed by atoms with E-state index in [-0.39, 0.29) is 0 Å². The molecule has 0 spiro atoms. The quantitative estimate of drug-likeness (QED) is 0.857. The third kappa shape index (κ3) is 2.16. The van der Waals surface area contributed by atoms with Gasteiger partial charge in [0, 0.05) is 24.6 Å². The SMILES string of the molecule is CNc1nc(C2CC2)nc(NC2CC(C)C2)c1C. The van der Waals surface area contributed by atoms with Gasteiger partial charge in [-0.25, -0.2) is 9.97 Å². The van der Waals surface area contributed by atoms with Gasteiger partial charge >= 0.3 is 0 Å². The van der Waals surface area contributed by atoms with Crippen LogP contribution in [0.4, 0.5) is 11.6 Å². The van der Waals surface area contributed by atoms with E-state index in [9.17, 15) is 0 Å². The van der Waals surface area contributed by atoms with Crippen LogP contribution in [0.25, 0.3) is 0 Å². The summed E-state index contributed by atoms with van der Waals surface area (Å²) in [5, 5.41) is 6.77. The molecule has 0 saturated heterocycles. The Labute approximate surface area is 109 Å². The maximum atomic E-state index is 4.73. The van der Waals surface area contributed by atoms with Gasteiger partial charge in [0.1, 0.15) is 17.5 Å². The lowest BCUT2D eigenvalue weighted by Crippen LogP contribution is -2.34. The van der Waals surface area contributed by atoms with Crippen molar-refractivity contribution in [3.05, 3.63) is 11.4 Å². The summed E-state index contributed by atoms with van der Waals surface area (Å²) < 4.78 is 0. The summed E-state index contributed by atoms with van der Waals surface area (Å²) in [6, 6.07) is 0.602. The van der Waals surface area contributed by atoms with E-state index in [2.05, 4.69) is 29.5 Å². The van der Waals surface area contributed by atoms with E-state index in [4.69, 9.17) is 4.98 Å². The van der Waals surface area contributed by atoms with Crippen molar-refractivity contribution in [3.63, 3.8) is 0 Å². The van der Waals surface area contributed by atoms with Crippen LogP contribution >= 0.6 is 0 Å². The van der Waals surface area contributed by atoms with Gasteiger partial charge in [-0.2, -0.15) is 0 Å². The van der Waals surface area contributed by atoms with Crippen molar-refractivity contribution in [2.45, 2.75) is 51.5 Å². The third-order valence-electron chi connectivity index (χ3n) is 4.06. The maximum absolute atomic E-state index is 4.73. The number of anilines is 2. The van der Waals surface area contributed by atoms with Gasteiger partial charge in [0.05, 0.1) is 0 Å². The molecule has 0 atom stereocenters. The fourth-order valence-electron chi connectivity index (χ4n) is 2.66. The van der Waals surface area contributed by atoms with Gasteiger partial charge in [0.2, 0.25) is 0 Å². The Balaban J connectivity index is 1.84. The van der Waals surface area contributed by atoms with Crippen LogP contribution in [0.2, 0.25) is 0 Å². The molecular weight excluding hydrogens is 224 g/mol. The van der Waals surface area contributed by atoms with Crippen molar-refractivity contribution >= 4 is 11.6 Å². The minimum Gasteiger partial charge on any atom is -0.373 e. The zero-order valence-electron chi connectivity index (χ0n) is 11.5. The first-order valence-corrected chi connectivity index (χ1v) is 7.00. The summed E-state index contributed by atoms with van der Waals surface area (Å²) in [4.78, 5) is 9.34. The summed E-state index contributed by atoms with van der Waals surface area (Å²) in [7, 11) is 1.93. The van der Waals surface area contributed by atoms with Crippen molar-refractivity contribution in [1.82, 2.24) is 9.97 Å². The highest BCUT2D eigenvalue weighted by Gasteiger charge is 2.30. The monoisotopic (exact) mass is 246 g/mol. The molecule has 98 valence electrons. The number of hydrogen-bond donors (Lipinski definition) is 2. The first-order chi connectivity index (χ1) is 8.67. The third-order valence-corrected chi connectivity index (χ3v) is 4.06. The highest BCUT2D eigenvalue weighted by Crippen LogP contribution is 2.40. The zero-order valence-corrected chi connectivity index (χ0v) is 11.5. The van der Waals surface area contributed by atoms with E-state index in [1.54, 1.807) is 0 Å². The number of aromatic nitrogens is 2. The van der Waals surface area contributed by atoms with E-state index in [0.717, 1.165) is 28.9 Å². The van der Waals surface area contributed by atoms with E-state index in [1.165, 1.54) is 25.7 Å². The minimum atomic E-state index is 0.596. The van der Waals surface area contributed by atoms with Crippen molar-refractivity contribution in [1.29, 1.82) is 0 Å². The molecule has 2 fully saturated rings. The second-order valence-corrected chi connectivity index (χ2v) is 5.85. The second-order valence-electron chi connectivity index (χ2n) is 5.85. The molecule has 0 amide bonds. The van der Waals surface area contributed by atoms with Crippen LogP contribution in [0.15, 0.2) is 0 Å². The number of nitrogens with zero attached hydrogens (tertiary/aromatic N) is 2. The summed E-state index contributed by atoms with van der Waals surface area (Å²) >= 11 is 0. The summed E-state index contributed by atoms with van der Waals surface area (Å²) in [5.74, 6) is 4.48.